The van der Waals surface area contributed by atoms with E-state index < -0.39 is 0 Å². The quantitative estimate of drug-likeness (QED) is 0.629. The van der Waals surface area contributed by atoms with Crippen molar-refractivity contribution in [1.29, 1.82) is 0 Å². The van der Waals surface area contributed by atoms with Gasteiger partial charge in [0.25, 0.3) is 0 Å². The molecule has 0 spiro atoms. The van der Waals surface area contributed by atoms with Crippen LogP contribution >= 0.6 is 0 Å². The second-order valence-corrected chi connectivity index (χ2v) is 7.72. The Hall–Kier alpha value is -3.71. The topological polar surface area (TPSA) is 47.6 Å². The minimum Gasteiger partial charge on any atom is -0.489 e. The van der Waals surface area contributed by atoms with Crippen LogP contribution in [0.25, 0.3) is 0 Å². The van der Waals surface area contributed by atoms with Crippen LogP contribution in [-0.2, 0) is 17.8 Å². The summed E-state index contributed by atoms with van der Waals surface area (Å²) in [6, 6.07) is 23.9. The standard InChI is InChI=1S/C27H25NO3/c1-19(28-20(2)29)26-17-24-13-10-22(16-27(24)31-26)9-8-21-11-14-25(15-12-21)30-18-23-6-4-3-5-7-23/h3-7,10-16,19,26H,17-18H2,1-2H3,(H,28,29)/t19-,26+/m1/s1. The molecule has 1 aliphatic heterocycles. The van der Waals surface area contributed by atoms with Crippen molar-refractivity contribution in [1.82, 2.24) is 5.32 Å². The van der Waals surface area contributed by atoms with E-state index in [1.807, 2.05) is 73.7 Å². The van der Waals surface area contributed by atoms with Crippen molar-refractivity contribution < 1.29 is 14.3 Å². The van der Waals surface area contributed by atoms with Gasteiger partial charge < -0.3 is 14.8 Å². The minimum absolute atomic E-state index is 0.0398. The first-order valence-electron chi connectivity index (χ1n) is 10.4. The summed E-state index contributed by atoms with van der Waals surface area (Å²) in [4.78, 5) is 11.3. The van der Waals surface area contributed by atoms with Gasteiger partial charge in [-0.3, -0.25) is 4.79 Å². The van der Waals surface area contributed by atoms with Crippen LogP contribution in [0.1, 0.15) is 36.1 Å². The van der Waals surface area contributed by atoms with Gasteiger partial charge in [-0.15, -0.1) is 0 Å². The van der Waals surface area contributed by atoms with E-state index in [0.29, 0.717) is 6.61 Å². The second kappa shape index (κ2) is 9.40. The molecule has 1 amide bonds. The van der Waals surface area contributed by atoms with Crippen molar-refractivity contribution in [2.24, 2.45) is 0 Å². The lowest BCUT2D eigenvalue weighted by Gasteiger charge is -2.19. The zero-order chi connectivity index (χ0) is 21.6. The van der Waals surface area contributed by atoms with Crippen molar-refractivity contribution >= 4 is 5.91 Å². The Labute approximate surface area is 183 Å². The zero-order valence-corrected chi connectivity index (χ0v) is 17.7. The van der Waals surface area contributed by atoms with E-state index in [2.05, 4.69) is 23.2 Å². The number of amides is 1. The summed E-state index contributed by atoms with van der Waals surface area (Å²) in [7, 11) is 0. The van der Waals surface area contributed by atoms with Crippen LogP contribution in [0, 0.1) is 11.8 Å². The van der Waals surface area contributed by atoms with Crippen molar-refractivity contribution in [2.75, 3.05) is 0 Å². The number of hydrogen-bond donors (Lipinski definition) is 1. The molecule has 0 saturated heterocycles. The highest BCUT2D eigenvalue weighted by atomic mass is 16.5. The van der Waals surface area contributed by atoms with E-state index in [9.17, 15) is 4.79 Å². The normalized spacial score (nSPS) is 15.1. The molecule has 0 saturated carbocycles. The van der Waals surface area contributed by atoms with Crippen LogP contribution < -0.4 is 14.8 Å². The molecule has 2 atom stereocenters. The van der Waals surface area contributed by atoms with E-state index in [-0.39, 0.29) is 18.1 Å². The molecule has 31 heavy (non-hydrogen) atoms. The molecule has 0 bridgehead atoms. The first-order valence-corrected chi connectivity index (χ1v) is 10.4. The van der Waals surface area contributed by atoms with Crippen LogP contribution in [0.15, 0.2) is 72.8 Å². The van der Waals surface area contributed by atoms with Crippen molar-refractivity contribution in [2.45, 2.75) is 39.0 Å². The molecule has 0 aromatic heterocycles. The van der Waals surface area contributed by atoms with E-state index in [1.165, 1.54) is 6.92 Å². The Kier molecular flexibility index (Phi) is 6.24. The zero-order valence-electron chi connectivity index (χ0n) is 17.7. The lowest BCUT2D eigenvalue weighted by atomic mass is 10.0. The van der Waals surface area contributed by atoms with Crippen LogP contribution in [0.4, 0.5) is 0 Å². The first kappa shape index (κ1) is 20.6. The highest BCUT2D eigenvalue weighted by Crippen LogP contribution is 2.31. The second-order valence-electron chi connectivity index (χ2n) is 7.72. The van der Waals surface area contributed by atoms with Crippen LogP contribution in [0.3, 0.4) is 0 Å². The van der Waals surface area contributed by atoms with Crippen molar-refractivity contribution in [3.8, 4) is 23.3 Å². The van der Waals surface area contributed by atoms with Crippen LogP contribution in [0.5, 0.6) is 11.5 Å². The Morgan fingerprint density at radius 3 is 2.52 bits per heavy atom. The number of nitrogens with one attached hydrogen (secondary N) is 1. The van der Waals surface area contributed by atoms with Gasteiger partial charge >= 0.3 is 0 Å². The SMILES string of the molecule is CC(=O)N[C@H](C)[C@@H]1Cc2ccc(C#Cc3ccc(OCc4ccccc4)cc3)cc2O1. The molecule has 4 rings (SSSR count). The molecule has 4 heteroatoms. The molecule has 3 aromatic carbocycles. The fourth-order valence-corrected chi connectivity index (χ4v) is 3.54. The smallest absolute Gasteiger partial charge is 0.217 e. The van der Waals surface area contributed by atoms with E-state index in [1.54, 1.807) is 0 Å². The highest BCUT2D eigenvalue weighted by Gasteiger charge is 2.28. The third-order valence-electron chi connectivity index (χ3n) is 5.21. The molecule has 1 heterocycles. The first-order chi connectivity index (χ1) is 15.1. The van der Waals surface area contributed by atoms with E-state index in [4.69, 9.17) is 9.47 Å². The van der Waals surface area contributed by atoms with Gasteiger partial charge in [0.05, 0.1) is 6.04 Å². The third-order valence-corrected chi connectivity index (χ3v) is 5.21. The molecule has 1 aliphatic rings. The average molecular weight is 412 g/mol. The summed E-state index contributed by atoms with van der Waals surface area (Å²) in [5, 5.41) is 2.90. The number of ether oxygens (including phenoxy) is 2. The summed E-state index contributed by atoms with van der Waals surface area (Å²) in [5.41, 5.74) is 4.10. The van der Waals surface area contributed by atoms with Gasteiger partial charge in [-0.05, 0) is 54.4 Å². The van der Waals surface area contributed by atoms with E-state index in [0.717, 1.165) is 40.2 Å². The summed E-state index contributed by atoms with van der Waals surface area (Å²) >= 11 is 0. The number of benzene rings is 3. The molecule has 3 aromatic rings. The van der Waals surface area contributed by atoms with Gasteiger partial charge in [-0.2, -0.15) is 0 Å². The number of carbonyl (C=O) groups excluding carboxylic acids is 1. The number of carbonyl (C=O) groups is 1. The third kappa shape index (κ3) is 5.46. The molecule has 1 N–H and O–H groups in total. The molecular weight excluding hydrogens is 386 g/mol. The minimum atomic E-state index is -0.0504. The summed E-state index contributed by atoms with van der Waals surface area (Å²) in [6.45, 7) is 4.03. The maximum atomic E-state index is 11.3. The average Bonchev–Trinajstić information content (AvgIpc) is 3.21. The molecule has 0 radical (unpaired) electrons. The predicted molar refractivity (Wildman–Crippen MR) is 121 cm³/mol. The molecular formula is C27H25NO3. The fourth-order valence-electron chi connectivity index (χ4n) is 3.54. The van der Waals surface area contributed by atoms with Crippen LogP contribution in [-0.4, -0.2) is 18.1 Å². The molecule has 156 valence electrons. The van der Waals surface area contributed by atoms with Gasteiger partial charge in [-0.1, -0.05) is 48.2 Å². The molecule has 0 fully saturated rings. The lowest BCUT2D eigenvalue weighted by Crippen LogP contribution is -2.42. The Morgan fingerprint density at radius 2 is 1.77 bits per heavy atom. The van der Waals surface area contributed by atoms with Gasteiger partial charge in [0, 0.05) is 24.5 Å². The maximum absolute atomic E-state index is 11.3. The molecule has 0 unspecified atom stereocenters. The van der Waals surface area contributed by atoms with Crippen molar-refractivity contribution in [3.05, 3.63) is 95.1 Å². The van der Waals surface area contributed by atoms with Gasteiger partial charge in [0.2, 0.25) is 5.91 Å². The van der Waals surface area contributed by atoms with Crippen molar-refractivity contribution in [3.63, 3.8) is 0 Å². The summed E-state index contributed by atoms with van der Waals surface area (Å²) < 4.78 is 11.9. The highest BCUT2D eigenvalue weighted by molar-refractivity contribution is 5.73. The monoisotopic (exact) mass is 411 g/mol. The Bertz CT molecular complexity index is 1110. The van der Waals surface area contributed by atoms with Gasteiger partial charge in [0.1, 0.15) is 24.2 Å². The Morgan fingerprint density at radius 1 is 1.06 bits per heavy atom. The van der Waals surface area contributed by atoms with Crippen LogP contribution in [0.2, 0.25) is 0 Å². The largest absolute Gasteiger partial charge is 0.489 e. The number of fused-ring (bicyclic) bond motifs is 1. The predicted octanol–water partition coefficient (Wildman–Crippen LogP) is 4.49. The summed E-state index contributed by atoms with van der Waals surface area (Å²) in [6.07, 6.45) is 0.736. The lowest BCUT2D eigenvalue weighted by molar-refractivity contribution is -0.120. The molecule has 4 nitrogen and oxygen atoms in total. The number of rotatable bonds is 5. The number of hydrogen-bond acceptors (Lipinski definition) is 3. The van der Waals surface area contributed by atoms with Gasteiger partial charge in [0.15, 0.2) is 0 Å². The maximum Gasteiger partial charge on any atom is 0.217 e. The van der Waals surface area contributed by atoms with E-state index >= 15 is 0 Å². The summed E-state index contributed by atoms with van der Waals surface area (Å²) in [5.74, 6) is 8.02. The Balaban J connectivity index is 1.37. The molecule has 0 aliphatic carbocycles. The fraction of sp³-hybridized carbons (Fsp3) is 0.222. The van der Waals surface area contributed by atoms with Gasteiger partial charge in [-0.25, -0.2) is 0 Å².